The highest BCUT2D eigenvalue weighted by atomic mass is 15.2. The number of nitriles is 1. The van der Waals surface area contributed by atoms with Crippen LogP contribution in [0.2, 0.25) is 0 Å². The van der Waals surface area contributed by atoms with E-state index in [2.05, 4.69) is 4.99 Å². The van der Waals surface area contributed by atoms with Gasteiger partial charge in [0.05, 0.1) is 5.57 Å². The molecule has 0 aromatic rings. The maximum Gasteiger partial charge on any atom is 0.232 e. The normalized spacial score (nSPS) is 13.3. The zero-order valence-corrected chi connectivity index (χ0v) is 7.64. The molecule has 0 unspecified atom stereocenters. The molecule has 0 bridgehead atoms. The van der Waals surface area contributed by atoms with Crippen LogP contribution in [0.4, 0.5) is 0 Å². The van der Waals surface area contributed by atoms with Gasteiger partial charge in [0, 0.05) is 6.21 Å². The molecule has 0 aliphatic heterocycles. The Morgan fingerprint density at radius 2 is 2.38 bits per heavy atom. The molecule has 5 heteroatoms. The summed E-state index contributed by atoms with van der Waals surface area (Å²) >= 11 is 0. The van der Waals surface area contributed by atoms with Crippen molar-refractivity contribution in [3.8, 4) is 6.07 Å². The van der Waals surface area contributed by atoms with Crippen molar-refractivity contribution in [3.05, 3.63) is 11.6 Å². The van der Waals surface area contributed by atoms with E-state index in [0.29, 0.717) is 18.9 Å². The van der Waals surface area contributed by atoms with E-state index in [4.69, 9.17) is 16.7 Å². The highest BCUT2D eigenvalue weighted by molar-refractivity contribution is 5.83. The van der Waals surface area contributed by atoms with Gasteiger partial charge in [-0.1, -0.05) is 6.08 Å². The van der Waals surface area contributed by atoms with Crippen LogP contribution in [-0.4, -0.2) is 30.5 Å². The Kier molecular flexibility index (Phi) is 6.11. The third-order valence-electron chi connectivity index (χ3n) is 1.38. The van der Waals surface area contributed by atoms with Crippen LogP contribution in [-0.2, 0) is 0 Å². The van der Waals surface area contributed by atoms with E-state index in [1.165, 1.54) is 12.6 Å². The van der Waals surface area contributed by atoms with Crippen molar-refractivity contribution in [1.82, 2.24) is 0 Å². The monoisotopic (exact) mass is 180 g/mol. The molecule has 0 saturated heterocycles. The largest absolute Gasteiger partial charge is 0.295 e. The van der Waals surface area contributed by atoms with Gasteiger partial charge in [0.2, 0.25) is 6.34 Å². The summed E-state index contributed by atoms with van der Waals surface area (Å²) in [4.78, 5) is 3.97. The Morgan fingerprint density at radius 3 is 2.77 bits per heavy atom. The number of nitrogens with zero attached hydrogens (tertiary/aromatic N) is 3. The first-order valence-electron chi connectivity index (χ1n) is 3.83. The van der Waals surface area contributed by atoms with Crippen molar-refractivity contribution < 1.29 is 4.58 Å². The second kappa shape index (κ2) is 7.00. The topological polar surface area (TPSA) is 91.2 Å². The predicted molar refractivity (Wildman–Crippen MR) is 52.3 cm³/mol. The Hall–Kier alpha value is -1.67. The van der Waals surface area contributed by atoms with Gasteiger partial charge in [-0.2, -0.15) is 5.26 Å². The molecule has 4 N–H and O–H groups in total. The SMILES string of the molecule is CC=C(C#N)C=NC[N+](=CN)CN. The molecule has 13 heavy (non-hydrogen) atoms. The molecule has 0 atom stereocenters. The molecule has 0 spiro atoms. The Balaban J connectivity index is 4.10. The average Bonchev–Trinajstić information content (AvgIpc) is 2.19. The number of rotatable bonds is 4. The van der Waals surface area contributed by atoms with E-state index in [9.17, 15) is 0 Å². The number of hydrogen-bond donors (Lipinski definition) is 2. The third kappa shape index (κ3) is 4.71. The minimum absolute atomic E-state index is 0.311. The van der Waals surface area contributed by atoms with Crippen molar-refractivity contribution >= 4 is 12.6 Å². The van der Waals surface area contributed by atoms with Gasteiger partial charge in [0.1, 0.15) is 12.7 Å². The second-order valence-corrected chi connectivity index (χ2v) is 2.23. The maximum atomic E-state index is 8.53. The zero-order chi connectivity index (χ0) is 10.1. The van der Waals surface area contributed by atoms with Crippen LogP contribution in [0.25, 0.3) is 0 Å². The molecular formula is C8H14N5+. The number of hydrogen-bond acceptors (Lipinski definition) is 3. The molecule has 0 heterocycles. The third-order valence-corrected chi connectivity index (χ3v) is 1.38. The molecule has 0 aliphatic rings. The smallest absolute Gasteiger partial charge is 0.232 e. The van der Waals surface area contributed by atoms with E-state index in [0.717, 1.165) is 0 Å². The fourth-order valence-corrected chi connectivity index (χ4v) is 0.578. The van der Waals surface area contributed by atoms with Crippen molar-refractivity contribution in [2.24, 2.45) is 16.5 Å². The molecule has 0 saturated carbocycles. The van der Waals surface area contributed by atoms with Crippen LogP contribution in [0.15, 0.2) is 16.6 Å². The van der Waals surface area contributed by atoms with Gasteiger partial charge in [0.25, 0.3) is 0 Å². The van der Waals surface area contributed by atoms with E-state index in [-0.39, 0.29) is 0 Å². The molecule has 0 aliphatic carbocycles. The van der Waals surface area contributed by atoms with Gasteiger partial charge < -0.3 is 0 Å². The summed E-state index contributed by atoms with van der Waals surface area (Å²) in [5.74, 6) is 0. The highest BCUT2D eigenvalue weighted by Gasteiger charge is 1.91. The summed E-state index contributed by atoms with van der Waals surface area (Å²) < 4.78 is 1.61. The quantitative estimate of drug-likeness (QED) is 0.199. The number of nitrogens with two attached hydrogens (primary N) is 2. The summed E-state index contributed by atoms with van der Waals surface area (Å²) in [5.41, 5.74) is 11.1. The standard InChI is InChI=1S/C8H13N5/c1-2-8(3-9)4-12-7-13(5-10)6-11/h2,4-5,10H,6-7,11H2,1H3/p+1. The molecule has 0 aromatic heterocycles. The van der Waals surface area contributed by atoms with Crippen molar-refractivity contribution in [3.63, 3.8) is 0 Å². The van der Waals surface area contributed by atoms with E-state index >= 15 is 0 Å². The van der Waals surface area contributed by atoms with Gasteiger partial charge in [-0.05, 0) is 6.92 Å². The lowest BCUT2D eigenvalue weighted by Gasteiger charge is -1.96. The van der Waals surface area contributed by atoms with Crippen molar-refractivity contribution in [2.75, 3.05) is 13.3 Å². The Bertz CT molecular complexity index is 269. The van der Waals surface area contributed by atoms with Crippen LogP contribution in [0.1, 0.15) is 6.92 Å². The summed E-state index contributed by atoms with van der Waals surface area (Å²) in [6.07, 6.45) is 4.54. The van der Waals surface area contributed by atoms with Gasteiger partial charge in [-0.25, -0.2) is 9.57 Å². The lowest BCUT2D eigenvalue weighted by Crippen LogP contribution is -2.24. The minimum Gasteiger partial charge on any atom is -0.295 e. The van der Waals surface area contributed by atoms with Crippen LogP contribution in [0.3, 0.4) is 0 Å². The maximum absolute atomic E-state index is 8.53. The summed E-state index contributed by atoms with van der Waals surface area (Å²) in [5, 5.41) is 8.53. The fourth-order valence-electron chi connectivity index (χ4n) is 0.578. The Labute approximate surface area is 77.7 Å². The van der Waals surface area contributed by atoms with Crippen LogP contribution in [0, 0.1) is 11.3 Å². The fraction of sp³-hybridized carbons (Fsp3) is 0.375. The molecule has 0 fully saturated rings. The highest BCUT2D eigenvalue weighted by Crippen LogP contribution is 1.85. The lowest BCUT2D eigenvalue weighted by molar-refractivity contribution is -0.521. The molecule has 0 aromatic carbocycles. The minimum atomic E-state index is 0.311. The number of allylic oxidation sites excluding steroid dienone is 2. The van der Waals surface area contributed by atoms with E-state index in [1.54, 1.807) is 17.6 Å². The first kappa shape index (κ1) is 11.3. The molecule has 0 rings (SSSR count). The number of aliphatic imine (C=N–C) groups is 1. The van der Waals surface area contributed by atoms with E-state index in [1.807, 2.05) is 6.07 Å². The summed E-state index contributed by atoms with van der Waals surface area (Å²) in [6.45, 7) is 2.46. The average molecular weight is 180 g/mol. The van der Waals surface area contributed by atoms with Crippen molar-refractivity contribution in [2.45, 2.75) is 6.92 Å². The molecule has 70 valence electrons. The Morgan fingerprint density at radius 1 is 1.69 bits per heavy atom. The predicted octanol–water partition coefficient (Wildman–Crippen LogP) is -0.600. The van der Waals surface area contributed by atoms with Gasteiger partial charge >= 0.3 is 0 Å². The van der Waals surface area contributed by atoms with Crippen LogP contribution in [0.5, 0.6) is 0 Å². The van der Waals surface area contributed by atoms with E-state index < -0.39 is 0 Å². The lowest BCUT2D eigenvalue weighted by atomic mass is 10.3. The van der Waals surface area contributed by atoms with Crippen LogP contribution >= 0.6 is 0 Å². The molecule has 0 radical (unpaired) electrons. The second-order valence-electron chi connectivity index (χ2n) is 2.23. The zero-order valence-electron chi connectivity index (χ0n) is 7.64. The van der Waals surface area contributed by atoms with Gasteiger partial charge in [-0.3, -0.25) is 11.5 Å². The summed E-state index contributed by atoms with van der Waals surface area (Å²) in [6, 6.07) is 1.98. The first-order valence-corrected chi connectivity index (χ1v) is 3.83. The van der Waals surface area contributed by atoms with Gasteiger partial charge in [0.15, 0.2) is 6.67 Å². The first-order chi connectivity index (χ1) is 6.28. The molecular weight excluding hydrogens is 166 g/mol. The molecule has 0 amide bonds. The van der Waals surface area contributed by atoms with Gasteiger partial charge in [-0.15, -0.1) is 0 Å². The van der Waals surface area contributed by atoms with Crippen LogP contribution < -0.4 is 11.5 Å². The summed E-state index contributed by atoms with van der Waals surface area (Å²) in [7, 11) is 0. The molecule has 5 nitrogen and oxygen atoms in total. The van der Waals surface area contributed by atoms with Crippen molar-refractivity contribution in [1.29, 1.82) is 5.26 Å².